The van der Waals surface area contributed by atoms with E-state index in [2.05, 4.69) is 0 Å². The van der Waals surface area contributed by atoms with Crippen molar-refractivity contribution in [2.45, 2.75) is 13.3 Å². The molecular weight excluding hydrogens is 297 g/mol. The van der Waals surface area contributed by atoms with Crippen LogP contribution >= 0.6 is 35.4 Å². The Morgan fingerprint density at radius 3 is 2.11 bits per heavy atom. The second-order valence-corrected chi connectivity index (χ2v) is 5.27. The lowest BCUT2D eigenvalue weighted by Gasteiger charge is -2.26. The molecular formula is C15H13Cl2NS. The van der Waals surface area contributed by atoms with E-state index in [1.807, 2.05) is 60.4 Å². The molecule has 0 aliphatic carbocycles. The molecule has 2 aromatic carbocycles. The lowest BCUT2D eigenvalue weighted by Crippen LogP contribution is -2.23. The van der Waals surface area contributed by atoms with Crippen molar-refractivity contribution in [3.05, 3.63) is 58.6 Å². The molecule has 0 bridgehead atoms. The Morgan fingerprint density at radius 2 is 1.58 bits per heavy atom. The Hall–Kier alpha value is -1.09. The average molecular weight is 310 g/mol. The van der Waals surface area contributed by atoms with Crippen molar-refractivity contribution in [1.29, 1.82) is 0 Å². The average Bonchev–Trinajstić information content (AvgIpc) is 2.43. The smallest absolute Gasteiger partial charge is 0.0867 e. The van der Waals surface area contributed by atoms with Gasteiger partial charge in [-0.05, 0) is 30.7 Å². The fourth-order valence-corrected chi connectivity index (χ4v) is 2.60. The lowest BCUT2D eigenvalue weighted by molar-refractivity contribution is 1.23. The number of halogens is 2. The zero-order chi connectivity index (χ0) is 13.8. The quantitative estimate of drug-likeness (QED) is 0.652. The van der Waals surface area contributed by atoms with Crippen LogP contribution < -0.4 is 4.90 Å². The fraction of sp³-hybridized carbons (Fsp3) is 0.133. The van der Waals surface area contributed by atoms with Crippen molar-refractivity contribution in [1.82, 2.24) is 0 Å². The Morgan fingerprint density at radius 1 is 1.00 bits per heavy atom. The number of para-hydroxylation sites is 2. The van der Waals surface area contributed by atoms with Crippen LogP contribution in [0.3, 0.4) is 0 Å². The van der Waals surface area contributed by atoms with Gasteiger partial charge in [0.25, 0.3) is 0 Å². The van der Waals surface area contributed by atoms with Gasteiger partial charge in [0, 0.05) is 5.69 Å². The molecule has 0 atom stereocenters. The number of thiocarbonyl (C=S) groups is 1. The number of hydrogen-bond donors (Lipinski definition) is 0. The third-order valence-electron chi connectivity index (χ3n) is 2.73. The molecule has 0 aliphatic rings. The van der Waals surface area contributed by atoms with Crippen molar-refractivity contribution in [3.63, 3.8) is 0 Å². The molecule has 0 saturated carbocycles. The van der Waals surface area contributed by atoms with Crippen LogP contribution in [-0.2, 0) is 0 Å². The van der Waals surface area contributed by atoms with E-state index in [1.165, 1.54) is 0 Å². The van der Waals surface area contributed by atoms with E-state index >= 15 is 0 Å². The Kier molecular flexibility index (Phi) is 4.81. The summed E-state index contributed by atoms with van der Waals surface area (Å²) in [6.45, 7) is 2.02. The molecule has 98 valence electrons. The minimum absolute atomic E-state index is 0.590. The monoisotopic (exact) mass is 309 g/mol. The predicted octanol–water partition coefficient (Wildman–Crippen LogP) is 5.87. The van der Waals surface area contributed by atoms with Gasteiger partial charge < -0.3 is 4.90 Å². The number of benzene rings is 2. The Balaban J connectivity index is 2.59. The second kappa shape index (κ2) is 6.38. The SMILES string of the molecule is CCC(=S)N(c1ccccc1)c1c(Cl)cccc1Cl. The van der Waals surface area contributed by atoms with Gasteiger partial charge in [-0.1, -0.05) is 66.6 Å². The van der Waals surface area contributed by atoms with Crippen molar-refractivity contribution >= 4 is 51.8 Å². The minimum atomic E-state index is 0.590. The summed E-state index contributed by atoms with van der Waals surface area (Å²) in [5.74, 6) is 0. The molecule has 1 nitrogen and oxygen atoms in total. The number of hydrogen-bond acceptors (Lipinski definition) is 1. The van der Waals surface area contributed by atoms with Crippen LogP contribution in [0, 0.1) is 0 Å². The van der Waals surface area contributed by atoms with Gasteiger partial charge >= 0.3 is 0 Å². The van der Waals surface area contributed by atoms with E-state index in [9.17, 15) is 0 Å². The Labute approximate surface area is 128 Å². The van der Waals surface area contributed by atoms with Gasteiger partial charge in [0.2, 0.25) is 0 Å². The topological polar surface area (TPSA) is 3.24 Å². The summed E-state index contributed by atoms with van der Waals surface area (Å²) in [4.78, 5) is 2.71. The summed E-state index contributed by atoms with van der Waals surface area (Å²) < 4.78 is 0. The summed E-state index contributed by atoms with van der Waals surface area (Å²) in [5, 5.41) is 1.18. The zero-order valence-electron chi connectivity index (χ0n) is 10.4. The molecule has 0 unspecified atom stereocenters. The standard InChI is InChI=1S/C15H13Cl2NS/c1-2-14(19)18(11-7-4-3-5-8-11)15-12(16)9-6-10-13(15)17/h3-10H,2H2,1H3. The molecule has 2 aromatic rings. The van der Waals surface area contributed by atoms with Gasteiger partial charge in [0.05, 0.1) is 20.7 Å². The van der Waals surface area contributed by atoms with E-state index in [1.54, 1.807) is 0 Å². The van der Waals surface area contributed by atoms with Gasteiger partial charge in [-0.2, -0.15) is 0 Å². The highest BCUT2D eigenvalue weighted by atomic mass is 35.5. The van der Waals surface area contributed by atoms with E-state index in [-0.39, 0.29) is 0 Å². The number of anilines is 2. The fourth-order valence-electron chi connectivity index (χ4n) is 1.84. The highest BCUT2D eigenvalue weighted by Crippen LogP contribution is 2.38. The lowest BCUT2D eigenvalue weighted by atomic mass is 10.2. The summed E-state index contributed by atoms with van der Waals surface area (Å²) in [5.41, 5.74) is 1.70. The first-order chi connectivity index (χ1) is 9.15. The molecule has 0 spiro atoms. The summed E-state index contributed by atoms with van der Waals surface area (Å²) in [6.07, 6.45) is 0.742. The van der Waals surface area contributed by atoms with Crippen LogP contribution in [0.5, 0.6) is 0 Å². The molecule has 4 heteroatoms. The first kappa shape index (κ1) is 14.3. The maximum Gasteiger partial charge on any atom is 0.0867 e. The maximum atomic E-state index is 6.29. The number of nitrogens with zero attached hydrogens (tertiary/aromatic N) is 1. The van der Waals surface area contributed by atoms with Gasteiger partial charge in [-0.3, -0.25) is 0 Å². The van der Waals surface area contributed by atoms with Crippen LogP contribution in [0.2, 0.25) is 10.0 Å². The minimum Gasteiger partial charge on any atom is -0.302 e. The van der Waals surface area contributed by atoms with Crippen LogP contribution in [0.1, 0.15) is 13.3 Å². The van der Waals surface area contributed by atoms with Gasteiger partial charge in [-0.15, -0.1) is 0 Å². The molecule has 2 rings (SSSR count). The molecule has 0 aromatic heterocycles. The first-order valence-electron chi connectivity index (χ1n) is 5.97. The molecule has 0 heterocycles. The molecule has 0 amide bonds. The van der Waals surface area contributed by atoms with Crippen molar-refractivity contribution in [2.24, 2.45) is 0 Å². The van der Waals surface area contributed by atoms with Crippen molar-refractivity contribution in [2.75, 3.05) is 4.90 Å². The summed E-state index contributed by atoms with van der Waals surface area (Å²) in [7, 11) is 0. The third kappa shape index (κ3) is 3.08. The second-order valence-electron chi connectivity index (χ2n) is 3.99. The van der Waals surface area contributed by atoms with Gasteiger partial charge in [0.1, 0.15) is 0 Å². The molecule has 19 heavy (non-hydrogen) atoms. The molecule has 0 aliphatic heterocycles. The molecule has 0 N–H and O–H groups in total. The van der Waals surface area contributed by atoms with Crippen LogP contribution in [0.25, 0.3) is 0 Å². The molecule has 0 saturated heterocycles. The van der Waals surface area contributed by atoms with Gasteiger partial charge in [0.15, 0.2) is 0 Å². The van der Waals surface area contributed by atoms with E-state index in [0.717, 1.165) is 22.8 Å². The van der Waals surface area contributed by atoms with Crippen LogP contribution in [-0.4, -0.2) is 4.99 Å². The van der Waals surface area contributed by atoms with Crippen molar-refractivity contribution in [3.8, 4) is 0 Å². The predicted molar refractivity (Wildman–Crippen MR) is 87.9 cm³/mol. The Bertz CT molecular complexity index is 564. The van der Waals surface area contributed by atoms with Crippen LogP contribution in [0.15, 0.2) is 48.5 Å². The molecule has 0 radical (unpaired) electrons. The summed E-state index contributed by atoms with van der Waals surface area (Å²) >= 11 is 18.0. The number of rotatable bonds is 3. The van der Waals surface area contributed by atoms with E-state index in [0.29, 0.717) is 10.0 Å². The summed E-state index contributed by atoms with van der Waals surface area (Å²) in [6, 6.07) is 15.3. The largest absolute Gasteiger partial charge is 0.302 e. The highest BCUT2D eigenvalue weighted by molar-refractivity contribution is 7.80. The molecule has 0 fully saturated rings. The van der Waals surface area contributed by atoms with Gasteiger partial charge in [-0.25, -0.2) is 0 Å². The van der Waals surface area contributed by atoms with Crippen LogP contribution in [0.4, 0.5) is 11.4 Å². The highest BCUT2D eigenvalue weighted by Gasteiger charge is 2.18. The van der Waals surface area contributed by atoms with Crippen molar-refractivity contribution < 1.29 is 0 Å². The first-order valence-corrected chi connectivity index (χ1v) is 7.13. The third-order valence-corrected chi connectivity index (χ3v) is 3.81. The zero-order valence-corrected chi connectivity index (χ0v) is 12.8. The van der Waals surface area contributed by atoms with E-state index < -0.39 is 0 Å². The maximum absolute atomic E-state index is 6.29. The van der Waals surface area contributed by atoms with E-state index in [4.69, 9.17) is 35.4 Å². The normalized spacial score (nSPS) is 10.3.